The summed E-state index contributed by atoms with van der Waals surface area (Å²) in [6, 6.07) is 13.2. The molecule has 0 unspecified atom stereocenters. The minimum Gasteiger partial charge on any atom is -0.508 e. The Labute approximate surface area is 163 Å². The zero-order valence-electron chi connectivity index (χ0n) is 15.9. The van der Waals surface area contributed by atoms with Crippen LogP contribution in [0.1, 0.15) is 5.56 Å². The first-order valence-corrected chi connectivity index (χ1v) is 9.08. The molecule has 3 aromatic rings. The van der Waals surface area contributed by atoms with Crippen molar-refractivity contribution in [2.24, 2.45) is 0 Å². The van der Waals surface area contributed by atoms with E-state index in [-0.39, 0.29) is 11.8 Å². The minimum atomic E-state index is -0.324. The van der Waals surface area contributed by atoms with Crippen molar-refractivity contribution in [2.45, 2.75) is 6.54 Å². The number of amides is 1. The molecule has 0 bridgehead atoms. The quantitative estimate of drug-likeness (QED) is 0.738. The first-order chi connectivity index (χ1) is 13.5. The van der Waals surface area contributed by atoms with E-state index in [0.29, 0.717) is 19.7 Å². The Morgan fingerprint density at radius 2 is 2.00 bits per heavy atom. The lowest BCUT2D eigenvalue weighted by molar-refractivity contribution is 0.181. The summed E-state index contributed by atoms with van der Waals surface area (Å²) in [7, 11) is 3.92. The molecular formula is C21H22N4O3. The van der Waals surface area contributed by atoms with Crippen LogP contribution in [0.2, 0.25) is 0 Å². The summed E-state index contributed by atoms with van der Waals surface area (Å²) in [6.45, 7) is 1.58. The standard InChI is InChI=1S/C21H22N4O3/c1-23(2)14-16-12-15(6-7-19(16)26)20-22-8-9-24(20)17-4-3-5-18(13-17)25-10-11-28-21(25)27/h3-9,12-13,26H,10-11,14H2,1-2H3. The summed E-state index contributed by atoms with van der Waals surface area (Å²) in [5.41, 5.74) is 3.43. The molecule has 0 spiro atoms. The molecule has 7 heteroatoms. The average Bonchev–Trinajstić information content (AvgIpc) is 3.32. The van der Waals surface area contributed by atoms with Crippen LogP contribution < -0.4 is 4.90 Å². The molecule has 2 aromatic carbocycles. The highest BCUT2D eigenvalue weighted by Crippen LogP contribution is 2.29. The molecule has 144 valence electrons. The van der Waals surface area contributed by atoms with Crippen molar-refractivity contribution in [3.8, 4) is 22.8 Å². The van der Waals surface area contributed by atoms with Crippen molar-refractivity contribution in [1.29, 1.82) is 0 Å². The number of phenolic OH excluding ortho intramolecular Hbond substituents is 1. The number of benzene rings is 2. The van der Waals surface area contributed by atoms with Gasteiger partial charge in [0.05, 0.1) is 6.54 Å². The van der Waals surface area contributed by atoms with Gasteiger partial charge < -0.3 is 14.7 Å². The van der Waals surface area contributed by atoms with Gasteiger partial charge in [-0.2, -0.15) is 0 Å². The topological polar surface area (TPSA) is 70.8 Å². The third-order valence-corrected chi connectivity index (χ3v) is 4.65. The number of carbonyl (C=O) groups excluding carboxylic acids is 1. The molecule has 1 saturated heterocycles. The third kappa shape index (κ3) is 3.44. The summed E-state index contributed by atoms with van der Waals surface area (Å²) >= 11 is 0. The number of aromatic hydroxyl groups is 1. The number of nitrogens with zero attached hydrogens (tertiary/aromatic N) is 4. The number of anilines is 1. The predicted molar refractivity (Wildman–Crippen MR) is 107 cm³/mol. The molecule has 1 N–H and O–H groups in total. The Morgan fingerprint density at radius 1 is 1.18 bits per heavy atom. The largest absolute Gasteiger partial charge is 0.508 e. The van der Waals surface area contributed by atoms with E-state index >= 15 is 0 Å². The number of phenols is 1. The fourth-order valence-electron chi connectivity index (χ4n) is 3.36. The van der Waals surface area contributed by atoms with Crippen LogP contribution in [0.3, 0.4) is 0 Å². The molecule has 0 aliphatic carbocycles. The lowest BCUT2D eigenvalue weighted by Crippen LogP contribution is -2.23. The van der Waals surface area contributed by atoms with E-state index in [2.05, 4.69) is 4.98 Å². The normalized spacial score (nSPS) is 14.0. The van der Waals surface area contributed by atoms with Gasteiger partial charge in [-0.1, -0.05) is 6.07 Å². The zero-order valence-corrected chi connectivity index (χ0v) is 15.9. The Morgan fingerprint density at radius 3 is 2.75 bits per heavy atom. The molecule has 1 aliphatic rings. The molecule has 4 rings (SSSR count). The summed E-state index contributed by atoms with van der Waals surface area (Å²) in [4.78, 5) is 20.0. The first-order valence-electron chi connectivity index (χ1n) is 9.08. The molecule has 1 aliphatic heterocycles. The van der Waals surface area contributed by atoms with E-state index in [9.17, 15) is 9.90 Å². The SMILES string of the molecule is CN(C)Cc1cc(-c2nccn2-c2cccc(N3CCOC3=O)c2)ccc1O. The van der Waals surface area contributed by atoms with Crippen LogP contribution in [0.5, 0.6) is 5.75 Å². The van der Waals surface area contributed by atoms with Gasteiger partial charge in [0.15, 0.2) is 0 Å². The van der Waals surface area contributed by atoms with Crippen LogP contribution in [-0.4, -0.2) is 52.9 Å². The molecule has 0 atom stereocenters. The molecule has 0 radical (unpaired) electrons. The van der Waals surface area contributed by atoms with Gasteiger partial charge in [0.2, 0.25) is 0 Å². The summed E-state index contributed by atoms with van der Waals surface area (Å²) in [5, 5.41) is 10.1. The van der Waals surface area contributed by atoms with Crippen molar-refractivity contribution in [3.05, 3.63) is 60.4 Å². The van der Waals surface area contributed by atoms with Gasteiger partial charge in [-0.15, -0.1) is 0 Å². The van der Waals surface area contributed by atoms with Crippen molar-refractivity contribution in [2.75, 3.05) is 32.1 Å². The number of imidazole rings is 1. The second-order valence-electron chi connectivity index (χ2n) is 6.99. The van der Waals surface area contributed by atoms with Crippen LogP contribution in [0.4, 0.5) is 10.5 Å². The van der Waals surface area contributed by atoms with E-state index in [1.807, 2.05) is 66.2 Å². The molecule has 1 amide bonds. The van der Waals surface area contributed by atoms with Gasteiger partial charge in [-0.3, -0.25) is 9.47 Å². The number of ether oxygens (including phenoxy) is 1. The second-order valence-corrected chi connectivity index (χ2v) is 6.99. The van der Waals surface area contributed by atoms with Gasteiger partial charge in [0.25, 0.3) is 0 Å². The van der Waals surface area contributed by atoms with Crippen LogP contribution >= 0.6 is 0 Å². The van der Waals surface area contributed by atoms with Gasteiger partial charge in [0.1, 0.15) is 18.2 Å². The zero-order chi connectivity index (χ0) is 19.7. The Kier molecular flexibility index (Phi) is 4.75. The molecule has 1 aromatic heterocycles. The van der Waals surface area contributed by atoms with Crippen LogP contribution in [-0.2, 0) is 11.3 Å². The summed E-state index contributed by atoms with van der Waals surface area (Å²) in [5.74, 6) is 1.03. The van der Waals surface area contributed by atoms with Crippen molar-refractivity contribution < 1.29 is 14.6 Å². The van der Waals surface area contributed by atoms with Crippen molar-refractivity contribution >= 4 is 11.8 Å². The lowest BCUT2D eigenvalue weighted by atomic mass is 10.1. The van der Waals surface area contributed by atoms with Gasteiger partial charge >= 0.3 is 6.09 Å². The number of carbonyl (C=O) groups is 1. The van der Waals surface area contributed by atoms with Gasteiger partial charge in [-0.05, 0) is 50.5 Å². The minimum absolute atomic E-state index is 0.269. The maximum atomic E-state index is 11.9. The number of aromatic nitrogens is 2. The van der Waals surface area contributed by atoms with E-state index in [0.717, 1.165) is 28.3 Å². The molecule has 0 saturated carbocycles. The molecule has 1 fully saturated rings. The van der Waals surface area contributed by atoms with Gasteiger partial charge in [-0.25, -0.2) is 9.78 Å². The van der Waals surface area contributed by atoms with Crippen LogP contribution in [0.25, 0.3) is 17.1 Å². The highest BCUT2D eigenvalue weighted by molar-refractivity contribution is 5.89. The van der Waals surface area contributed by atoms with E-state index < -0.39 is 0 Å². The molecule has 2 heterocycles. The maximum Gasteiger partial charge on any atom is 0.414 e. The smallest absolute Gasteiger partial charge is 0.414 e. The fourth-order valence-corrected chi connectivity index (χ4v) is 3.36. The fraction of sp³-hybridized carbons (Fsp3) is 0.238. The summed E-state index contributed by atoms with van der Waals surface area (Å²) in [6.07, 6.45) is 3.30. The Bertz CT molecular complexity index is 1010. The monoisotopic (exact) mass is 378 g/mol. The number of cyclic esters (lactones) is 1. The van der Waals surface area contributed by atoms with Gasteiger partial charge in [0, 0.05) is 41.4 Å². The highest BCUT2D eigenvalue weighted by Gasteiger charge is 2.24. The highest BCUT2D eigenvalue weighted by atomic mass is 16.6. The van der Waals surface area contributed by atoms with E-state index in [4.69, 9.17) is 4.74 Å². The third-order valence-electron chi connectivity index (χ3n) is 4.65. The average molecular weight is 378 g/mol. The summed E-state index contributed by atoms with van der Waals surface area (Å²) < 4.78 is 7.01. The van der Waals surface area contributed by atoms with Crippen molar-refractivity contribution in [3.63, 3.8) is 0 Å². The van der Waals surface area contributed by atoms with E-state index in [1.165, 1.54) is 0 Å². The maximum absolute atomic E-state index is 11.9. The number of rotatable bonds is 5. The Balaban J connectivity index is 1.72. The van der Waals surface area contributed by atoms with Crippen molar-refractivity contribution in [1.82, 2.24) is 14.5 Å². The lowest BCUT2D eigenvalue weighted by Gasteiger charge is -2.16. The first kappa shape index (κ1) is 18.1. The van der Waals surface area contributed by atoms with Crippen LogP contribution in [0.15, 0.2) is 54.9 Å². The number of hydrogen-bond donors (Lipinski definition) is 1. The second kappa shape index (κ2) is 7.36. The number of hydrogen-bond acceptors (Lipinski definition) is 5. The Hall–Kier alpha value is -3.32. The molecule has 7 nitrogen and oxygen atoms in total. The molecule has 28 heavy (non-hydrogen) atoms. The predicted octanol–water partition coefficient (Wildman–Crippen LogP) is 3.26. The molecular weight excluding hydrogens is 356 g/mol. The van der Waals surface area contributed by atoms with Crippen LogP contribution in [0, 0.1) is 0 Å². The van der Waals surface area contributed by atoms with E-state index in [1.54, 1.807) is 17.2 Å².